The van der Waals surface area contributed by atoms with E-state index in [9.17, 15) is 22.8 Å². The van der Waals surface area contributed by atoms with Gasteiger partial charge in [0.15, 0.2) is 0 Å². The first-order valence-electron chi connectivity index (χ1n) is 11.0. The first kappa shape index (κ1) is 29.3. The highest BCUT2D eigenvalue weighted by atomic mass is 32.2. The number of carbonyl (C=O) groups is 3. The first-order chi connectivity index (χ1) is 18.3. The van der Waals surface area contributed by atoms with Gasteiger partial charge in [-0.1, -0.05) is 54.6 Å². The second kappa shape index (κ2) is 15.9. The molecule has 4 aromatic rings. The summed E-state index contributed by atoms with van der Waals surface area (Å²) in [6.07, 6.45) is 6.78. The van der Waals surface area contributed by atoms with Crippen LogP contribution in [0.4, 0.5) is 0 Å². The van der Waals surface area contributed by atoms with Crippen LogP contribution in [0.15, 0.2) is 116 Å². The number of nitrogens with one attached hydrogen (secondary N) is 4. The van der Waals surface area contributed by atoms with Crippen LogP contribution < -0.4 is 21.1 Å². The summed E-state index contributed by atoms with van der Waals surface area (Å²) in [6, 6.07) is 27.0. The zero-order valence-corrected chi connectivity index (χ0v) is 21.1. The van der Waals surface area contributed by atoms with Gasteiger partial charge < -0.3 is 0 Å². The summed E-state index contributed by atoms with van der Waals surface area (Å²) in [5.41, 5.74) is 7.81. The van der Waals surface area contributed by atoms with E-state index in [4.69, 9.17) is 0 Å². The van der Waals surface area contributed by atoms with Gasteiger partial charge in [0.2, 0.25) is 10.0 Å². The lowest BCUT2D eigenvalue weighted by Crippen LogP contribution is -2.41. The van der Waals surface area contributed by atoms with E-state index in [1.807, 2.05) is 52.7 Å². The van der Waals surface area contributed by atoms with Crippen LogP contribution in [0.5, 0.6) is 0 Å². The lowest BCUT2D eigenvalue weighted by atomic mass is 10.2. The second-order valence-electron chi connectivity index (χ2n) is 7.24. The molecule has 0 saturated carbocycles. The van der Waals surface area contributed by atoms with Crippen molar-refractivity contribution in [2.24, 2.45) is 0 Å². The summed E-state index contributed by atoms with van der Waals surface area (Å²) in [4.78, 5) is 43.9. The van der Waals surface area contributed by atoms with E-state index in [-0.39, 0.29) is 11.5 Å². The molecule has 0 fully saturated rings. The number of hydrogen-bond acceptors (Lipinski definition) is 7. The number of nitrogens with zero attached hydrogens (tertiary/aromatic N) is 2. The number of rotatable bonds is 5. The van der Waals surface area contributed by atoms with E-state index < -0.39 is 21.8 Å². The minimum absolute atomic E-state index is 0.281. The molecule has 196 valence electrons. The van der Waals surface area contributed by atoms with Gasteiger partial charge in [-0.2, -0.15) is 0 Å². The average molecular weight is 535 g/mol. The van der Waals surface area contributed by atoms with Crippen molar-refractivity contribution < 1.29 is 22.8 Å². The molecule has 0 radical (unpaired) electrons. The van der Waals surface area contributed by atoms with Crippen LogP contribution in [0, 0.1) is 0 Å². The topological polar surface area (TPSA) is 159 Å². The zero-order valence-electron chi connectivity index (χ0n) is 20.3. The van der Waals surface area contributed by atoms with Crippen molar-refractivity contribution >= 4 is 27.7 Å². The van der Waals surface area contributed by atoms with Gasteiger partial charge in [-0.25, -0.2) is 8.42 Å². The normalized spacial score (nSPS) is 9.82. The third-order valence-electron chi connectivity index (χ3n) is 4.19. The molecule has 2 aromatic heterocycles. The third-order valence-corrected chi connectivity index (χ3v) is 4.66. The summed E-state index contributed by atoms with van der Waals surface area (Å²) < 4.78 is 21.3. The van der Waals surface area contributed by atoms with Gasteiger partial charge in [0.05, 0.1) is 17.4 Å². The minimum Gasteiger partial charge on any atom is -0.274 e. The van der Waals surface area contributed by atoms with Crippen LogP contribution in [0.3, 0.4) is 0 Å². The molecule has 2 heterocycles. The van der Waals surface area contributed by atoms with Crippen molar-refractivity contribution in [3.63, 3.8) is 0 Å². The minimum atomic E-state index is -3.43. The Bertz CT molecular complexity index is 1300. The van der Waals surface area contributed by atoms with E-state index in [1.54, 1.807) is 48.7 Å². The lowest BCUT2D eigenvalue weighted by Gasteiger charge is -2.06. The fraction of sp³-hybridized carbons (Fsp3) is 0.0385. The van der Waals surface area contributed by atoms with Gasteiger partial charge in [0.25, 0.3) is 17.7 Å². The van der Waals surface area contributed by atoms with Crippen molar-refractivity contribution in [2.75, 3.05) is 6.26 Å². The van der Waals surface area contributed by atoms with E-state index in [1.165, 1.54) is 24.7 Å². The first-order valence-corrected chi connectivity index (χ1v) is 12.9. The number of hydrazine groups is 2. The van der Waals surface area contributed by atoms with E-state index in [0.717, 1.165) is 6.26 Å². The predicted octanol–water partition coefficient (Wildman–Crippen LogP) is 2.12. The maximum Gasteiger partial charge on any atom is 0.271 e. The molecule has 0 spiro atoms. The van der Waals surface area contributed by atoms with Gasteiger partial charge in [-0.05, 0) is 36.4 Å². The molecule has 4 N–H and O–H groups in total. The molecule has 0 aliphatic carbocycles. The molecule has 3 amide bonds. The summed E-state index contributed by atoms with van der Waals surface area (Å²) in [5.74, 6) is -1.33. The van der Waals surface area contributed by atoms with Crippen LogP contribution in [-0.2, 0) is 10.0 Å². The van der Waals surface area contributed by atoms with Crippen molar-refractivity contribution in [1.82, 2.24) is 31.1 Å². The molecule has 0 bridgehead atoms. The number of benzene rings is 2. The van der Waals surface area contributed by atoms with Crippen LogP contribution in [0.25, 0.3) is 0 Å². The van der Waals surface area contributed by atoms with Crippen molar-refractivity contribution in [3.8, 4) is 0 Å². The highest BCUT2D eigenvalue weighted by Crippen LogP contribution is 1.98. The molecular formula is C26H26N6O5S. The monoisotopic (exact) mass is 534 g/mol. The highest BCUT2D eigenvalue weighted by Gasteiger charge is 2.08. The maximum atomic E-state index is 11.6. The molecule has 0 aliphatic heterocycles. The van der Waals surface area contributed by atoms with E-state index >= 15 is 0 Å². The Hall–Kier alpha value is -4.94. The standard InChI is InChI=1S/C13H11N3O2.C7H9N3O3S.C6H6/c17-12(10-5-2-1-3-6-10)15-16-13(18)11-7-4-8-14-9-11;1-14(12,13)10-9-7(11)6-3-2-4-8-5-6;1-2-4-6-5-3-1/h1-9H,(H,15,17)(H,16,18);2-5,10H,1H3,(H,9,11);1-6H. The summed E-state index contributed by atoms with van der Waals surface area (Å²) in [5, 5.41) is 0. The lowest BCUT2D eigenvalue weighted by molar-refractivity contribution is 0.0846. The molecule has 0 saturated heterocycles. The number of sulfonamides is 1. The fourth-order valence-electron chi connectivity index (χ4n) is 2.44. The largest absolute Gasteiger partial charge is 0.274 e. The number of hydrogen-bond donors (Lipinski definition) is 4. The number of aromatic nitrogens is 2. The average Bonchev–Trinajstić information content (AvgIpc) is 2.97. The van der Waals surface area contributed by atoms with Crippen LogP contribution >= 0.6 is 0 Å². The van der Waals surface area contributed by atoms with Gasteiger partial charge in [0, 0.05) is 30.4 Å². The quantitative estimate of drug-likeness (QED) is 0.285. The second-order valence-corrected chi connectivity index (χ2v) is 8.99. The summed E-state index contributed by atoms with van der Waals surface area (Å²) >= 11 is 0. The van der Waals surface area contributed by atoms with Gasteiger partial charge >= 0.3 is 0 Å². The molecule has 0 aliphatic rings. The smallest absolute Gasteiger partial charge is 0.271 e. The third kappa shape index (κ3) is 12.2. The zero-order chi connectivity index (χ0) is 27.6. The Balaban J connectivity index is 0.000000224. The van der Waals surface area contributed by atoms with Crippen LogP contribution in [-0.4, -0.2) is 42.4 Å². The van der Waals surface area contributed by atoms with Gasteiger partial charge in [-0.15, -0.1) is 4.83 Å². The number of amides is 3. The SMILES string of the molecule is CS(=O)(=O)NNC(=O)c1cccnc1.O=C(NNC(=O)c1cccnc1)c1ccccc1.c1ccccc1. The van der Waals surface area contributed by atoms with Crippen LogP contribution in [0.1, 0.15) is 31.1 Å². The van der Waals surface area contributed by atoms with Crippen molar-refractivity contribution in [2.45, 2.75) is 0 Å². The molecule has 2 aromatic carbocycles. The Morgan fingerprint density at radius 1 is 0.553 bits per heavy atom. The molecule has 12 heteroatoms. The molecule has 0 atom stereocenters. The fourth-order valence-corrected chi connectivity index (χ4v) is 2.72. The van der Waals surface area contributed by atoms with Gasteiger partial charge in [-0.3, -0.25) is 40.6 Å². The van der Waals surface area contributed by atoms with Crippen LogP contribution in [0.2, 0.25) is 0 Å². The van der Waals surface area contributed by atoms with Crippen molar-refractivity contribution in [1.29, 1.82) is 0 Å². The summed E-state index contributed by atoms with van der Waals surface area (Å²) in [7, 11) is -3.43. The summed E-state index contributed by atoms with van der Waals surface area (Å²) in [6.45, 7) is 0. The predicted molar refractivity (Wildman–Crippen MR) is 142 cm³/mol. The van der Waals surface area contributed by atoms with Gasteiger partial charge in [0.1, 0.15) is 0 Å². The van der Waals surface area contributed by atoms with E-state index in [0.29, 0.717) is 11.1 Å². The molecule has 11 nitrogen and oxygen atoms in total. The molecular weight excluding hydrogens is 508 g/mol. The van der Waals surface area contributed by atoms with Crippen molar-refractivity contribution in [3.05, 3.63) is 132 Å². The Kier molecular flexibility index (Phi) is 12.3. The number of pyridine rings is 2. The Labute approximate surface area is 220 Å². The Morgan fingerprint density at radius 3 is 1.32 bits per heavy atom. The molecule has 38 heavy (non-hydrogen) atoms. The number of carbonyl (C=O) groups excluding carboxylic acids is 3. The Morgan fingerprint density at radius 2 is 0.921 bits per heavy atom. The maximum absolute atomic E-state index is 11.6. The van der Waals surface area contributed by atoms with E-state index in [2.05, 4.69) is 20.8 Å². The molecule has 0 unspecified atom stereocenters. The molecule has 4 rings (SSSR count). The highest BCUT2D eigenvalue weighted by molar-refractivity contribution is 7.88.